The fourth-order valence-corrected chi connectivity index (χ4v) is 4.40. The van der Waals surface area contributed by atoms with E-state index in [1.165, 1.54) is 12.1 Å². The topological polar surface area (TPSA) is 62.5 Å². The van der Waals surface area contributed by atoms with E-state index in [4.69, 9.17) is 4.42 Å². The van der Waals surface area contributed by atoms with Crippen molar-refractivity contribution in [3.8, 4) is 0 Å². The Morgan fingerprint density at radius 1 is 1.14 bits per heavy atom. The number of carbonyl (C=O) groups excluding carboxylic acids is 1. The molecule has 0 spiro atoms. The average Bonchev–Trinajstić information content (AvgIpc) is 3.39. The number of aromatic nitrogens is 2. The lowest BCUT2D eigenvalue weighted by atomic mass is 10.1. The number of hydrogen-bond acceptors (Lipinski definition) is 5. The Morgan fingerprint density at radius 3 is 2.86 bits per heavy atom. The summed E-state index contributed by atoms with van der Waals surface area (Å²) in [4.78, 5) is 25.3. The van der Waals surface area contributed by atoms with E-state index in [-0.39, 0.29) is 17.6 Å². The van der Waals surface area contributed by atoms with Gasteiger partial charge in [-0.3, -0.25) is 9.69 Å². The zero-order valence-corrected chi connectivity index (χ0v) is 15.0. The Morgan fingerprint density at radius 2 is 2.00 bits per heavy atom. The van der Waals surface area contributed by atoms with Gasteiger partial charge in [-0.1, -0.05) is 6.07 Å². The van der Waals surface area contributed by atoms with E-state index in [9.17, 15) is 13.6 Å². The van der Waals surface area contributed by atoms with Gasteiger partial charge in [0.1, 0.15) is 0 Å². The van der Waals surface area contributed by atoms with Crippen LogP contribution in [0.4, 0.5) is 8.78 Å². The average molecular weight is 384 g/mol. The number of benzene rings is 1. The Bertz CT molecular complexity index is 1020. The number of fused-ring (bicyclic) bond motifs is 2. The lowest BCUT2D eigenvalue weighted by molar-refractivity contribution is 0.0725. The maximum Gasteiger partial charge on any atom is 0.257 e. The monoisotopic (exact) mass is 384 g/mol. The molecule has 5 rings (SSSR count). The van der Waals surface area contributed by atoms with Crippen LogP contribution in [0, 0.1) is 11.6 Å². The third kappa shape index (κ3) is 2.75. The number of halogens is 2. The molecule has 2 atom stereocenters. The number of rotatable bonds is 3. The molecule has 3 aromatic rings. The van der Waals surface area contributed by atoms with Crippen molar-refractivity contribution in [2.75, 3.05) is 13.1 Å². The fourth-order valence-electron chi connectivity index (χ4n) is 4.40. The molecule has 2 aromatic heterocycles. The smallest absolute Gasteiger partial charge is 0.257 e. The van der Waals surface area contributed by atoms with Crippen molar-refractivity contribution in [1.82, 2.24) is 19.8 Å². The molecule has 0 aliphatic carbocycles. The van der Waals surface area contributed by atoms with Gasteiger partial charge in [-0.25, -0.2) is 13.8 Å². The molecule has 2 fully saturated rings. The van der Waals surface area contributed by atoms with Gasteiger partial charge in [0.05, 0.1) is 12.1 Å². The van der Waals surface area contributed by atoms with Crippen LogP contribution in [0.25, 0.3) is 11.2 Å². The van der Waals surface area contributed by atoms with Crippen LogP contribution in [0.15, 0.2) is 40.9 Å². The van der Waals surface area contributed by atoms with Gasteiger partial charge in [-0.2, -0.15) is 4.98 Å². The number of hydrogen-bond donors (Lipinski definition) is 0. The molecule has 0 N–H and O–H groups in total. The lowest BCUT2D eigenvalue weighted by Crippen LogP contribution is -2.40. The molecule has 1 aromatic carbocycles. The first-order chi connectivity index (χ1) is 13.6. The van der Waals surface area contributed by atoms with Crippen LogP contribution in [-0.4, -0.2) is 50.8 Å². The van der Waals surface area contributed by atoms with Crippen LogP contribution >= 0.6 is 0 Å². The predicted molar refractivity (Wildman–Crippen MR) is 96.4 cm³/mol. The van der Waals surface area contributed by atoms with Crippen molar-refractivity contribution < 1.29 is 18.0 Å². The Kier molecular flexibility index (Phi) is 4.08. The molecule has 28 heavy (non-hydrogen) atoms. The highest BCUT2D eigenvalue weighted by Crippen LogP contribution is 2.34. The van der Waals surface area contributed by atoms with Gasteiger partial charge in [0.25, 0.3) is 5.91 Å². The summed E-state index contributed by atoms with van der Waals surface area (Å²) in [6.07, 6.45) is 3.24. The van der Waals surface area contributed by atoms with Gasteiger partial charge >= 0.3 is 0 Å². The van der Waals surface area contributed by atoms with E-state index in [1.807, 2.05) is 6.07 Å². The lowest BCUT2D eigenvalue weighted by Gasteiger charge is -2.25. The summed E-state index contributed by atoms with van der Waals surface area (Å²) in [5, 5.41) is 0. The van der Waals surface area contributed by atoms with Gasteiger partial charge in [0, 0.05) is 31.4 Å². The van der Waals surface area contributed by atoms with Crippen LogP contribution < -0.4 is 0 Å². The molecule has 2 aliphatic heterocycles. The highest BCUT2D eigenvalue weighted by atomic mass is 19.2. The molecule has 6 nitrogen and oxygen atoms in total. The van der Waals surface area contributed by atoms with Crippen molar-refractivity contribution in [2.24, 2.45) is 0 Å². The van der Waals surface area contributed by atoms with Crippen molar-refractivity contribution in [1.29, 1.82) is 0 Å². The summed E-state index contributed by atoms with van der Waals surface area (Å²) in [6, 6.07) is 7.49. The zero-order chi connectivity index (χ0) is 19.3. The van der Waals surface area contributed by atoms with Crippen LogP contribution in [0.2, 0.25) is 0 Å². The molecule has 0 bridgehead atoms. The molecule has 8 heteroatoms. The zero-order valence-electron chi connectivity index (χ0n) is 15.0. The molecule has 0 saturated carbocycles. The standard InChI is InChI=1S/C20H18F2N4O2/c21-13-4-1-3-12(18(13)22)20(27)26-10-7-14-15(26)6-9-25(14)11-17-24-19-16(28-17)5-2-8-23-19/h1-5,8,14-15H,6-7,9-11H2/t14-,15-/m0/s1. The van der Waals surface area contributed by atoms with E-state index < -0.39 is 17.5 Å². The van der Waals surface area contributed by atoms with Gasteiger partial charge < -0.3 is 9.32 Å². The molecular weight excluding hydrogens is 366 g/mol. The number of carbonyl (C=O) groups is 1. The number of pyridine rings is 1. The Labute approximate surface area is 159 Å². The normalized spacial score (nSPS) is 22.1. The first-order valence-corrected chi connectivity index (χ1v) is 9.31. The quantitative estimate of drug-likeness (QED) is 0.695. The van der Waals surface area contributed by atoms with Crippen LogP contribution in [0.3, 0.4) is 0 Å². The predicted octanol–water partition coefficient (Wildman–Crippen LogP) is 2.99. The van der Waals surface area contributed by atoms with Crippen LogP contribution in [-0.2, 0) is 6.54 Å². The third-order valence-electron chi connectivity index (χ3n) is 5.68. The van der Waals surface area contributed by atoms with Crippen LogP contribution in [0.5, 0.6) is 0 Å². The summed E-state index contributed by atoms with van der Waals surface area (Å²) < 4.78 is 33.3. The molecule has 0 radical (unpaired) electrons. The first-order valence-electron chi connectivity index (χ1n) is 9.31. The Balaban J connectivity index is 1.33. The summed E-state index contributed by atoms with van der Waals surface area (Å²) in [5.41, 5.74) is 1.03. The number of oxazole rings is 1. The molecule has 2 saturated heterocycles. The maximum absolute atomic E-state index is 14.1. The number of nitrogens with zero attached hydrogens (tertiary/aromatic N) is 4. The highest BCUT2D eigenvalue weighted by molar-refractivity contribution is 5.95. The molecule has 2 aliphatic rings. The van der Waals surface area contributed by atoms with Crippen molar-refractivity contribution in [3.05, 3.63) is 59.6 Å². The van der Waals surface area contributed by atoms with E-state index in [0.717, 1.165) is 25.5 Å². The second-order valence-corrected chi connectivity index (χ2v) is 7.22. The molecule has 4 heterocycles. The van der Waals surface area contributed by atoms with Gasteiger partial charge in [-0.05, 0) is 37.1 Å². The Hall–Kier alpha value is -2.87. The molecular formula is C20H18F2N4O2. The summed E-state index contributed by atoms with van der Waals surface area (Å²) in [5.74, 6) is -1.93. The minimum absolute atomic E-state index is 0.0160. The minimum Gasteiger partial charge on any atom is -0.438 e. The summed E-state index contributed by atoms with van der Waals surface area (Å²) >= 11 is 0. The largest absolute Gasteiger partial charge is 0.438 e. The molecule has 0 unspecified atom stereocenters. The minimum atomic E-state index is -1.08. The summed E-state index contributed by atoms with van der Waals surface area (Å²) in [7, 11) is 0. The van der Waals surface area contributed by atoms with E-state index in [1.54, 1.807) is 17.2 Å². The van der Waals surface area contributed by atoms with E-state index in [0.29, 0.717) is 30.2 Å². The van der Waals surface area contributed by atoms with Crippen molar-refractivity contribution in [3.63, 3.8) is 0 Å². The van der Waals surface area contributed by atoms with E-state index >= 15 is 0 Å². The van der Waals surface area contributed by atoms with Crippen molar-refractivity contribution in [2.45, 2.75) is 31.5 Å². The third-order valence-corrected chi connectivity index (χ3v) is 5.68. The fraction of sp³-hybridized carbons (Fsp3) is 0.350. The van der Waals surface area contributed by atoms with Crippen molar-refractivity contribution >= 4 is 17.1 Å². The molecule has 144 valence electrons. The maximum atomic E-state index is 14.1. The first kappa shape index (κ1) is 17.2. The number of amides is 1. The SMILES string of the molecule is O=C(c1cccc(F)c1F)N1CC[C@H]2[C@@H]1CCN2Cc1nc2ncccc2o1. The molecule has 1 amide bonds. The van der Waals surface area contributed by atoms with Gasteiger partial charge in [0.2, 0.25) is 5.89 Å². The number of likely N-dealkylation sites (tertiary alicyclic amines) is 2. The summed E-state index contributed by atoms with van der Waals surface area (Å²) in [6.45, 7) is 1.85. The van der Waals surface area contributed by atoms with E-state index in [2.05, 4.69) is 14.9 Å². The second kappa shape index (κ2) is 6.63. The van der Waals surface area contributed by atoms with Crippen LogP contribution in [0.1, 0.15) is 29.1 Å². The second-order valence-electron chi connectivity index (χ2n) is 7.22. The van der Waals surface area contributed by atoms with Gasteiger partial charge in [-0.15, -0.1) is 0 Å². The highest BCUT2D eigenvalue weighted by Gasteiger charge is 2.45. The van der Waals surface area contributed by atoms with Gasteiger partial charge in [0.15, 0.2) is 22.9 Å².